The summed E-state index contributed by atoms with van der Waals surface area (Å²) in [6.07, 6.45) is 0. The Kier molecular flexibility index (Phi) is 2.91. The van der Waals surface area contributed by atoms with Gasteiger partial charge in [0.1, 0.15) is 0 Å². The molecule has 0 atom stereocenters. The van der Waals surface area contributed by atoms with Crippen LogP contribution in [-0.4, -0.2) is 13.1 Å². The van der Waals surface area contributed by atoms with Crippen molar-refractivity contribution in [2.75, 3.05) is 0 Å². The zero-order valence-corrected chi connectivity index (χ0v) is 7.13. The van der Waals surface area contributed by atoms with Gasteiger partial charge in [-0.25, -0.2) is 8.42 Å². The maximum absolute atomic E-state index is 12.4. The van der Waals surface area contributed by atoms with E-state index in [9.17, 15) is 17.4 Å². The highest BCUT2D eigenvalue weighted by molar-refractivity contribution is 7.89. The zero-order valence-electron chi connectivity index (χ0n) is 6.31. The van der Waals surface area contributed by atoms with Gasteiger partial charge < -0.3 is 0 Å². The lowest BCUT2D eigenvalue weighted by Gasteiger charge is -2.07. The van der Waals surface area contributed by atoms with Crippen molar-refractivity contribution >= 4 is 10.0 Å². The van der Waals surface area contributed by atoms with Crippen LogP contribution in [0.3, 0.4) is 0 Å². The summed E-state index contributed by atoms with van der Waals surface area (Å²) in [5.74, 6) is 0. The average molecular weight is 208 g/mol. The summed E-state index contributed by atoms with van der Waals surface area (Å²) in [5, 5.41) is 0. The molecule has 0 unspecified atom stereocenters. The van der Waals surface area contributed by atoms with Gasteiger partial charge in [0.05, 0.1) is 9.53 Å². The molecule has 0 radical (unpaired) electrons. The minimum absolute atomic E-state index is 0.331. The molecule has 0 aliphatic carbocycles. The van der Waals surface area contributed by atoms with Gasteiger partial charge in [0, 0.05) is 0 Å². The second-order valence-electron chi connectivity index (χ2n) is 2.12. The Bertz CT molecular complexity index is 367. The van der Waals surface area contributed by atoms with Crippen LogP contribution in [0.1, 0.15) is 0 Å². The van der Waals surface area contributed by atoms with Crippen molar-refractivity contribution in [2.45, 2.75) is 4.90 Å². The average Bonchev–Trinajstić information content (AvgIpc) is 2.18. The summed E-state index contributed by atoms with van der Waals surface area (Å²) in [4.78, 5) is -0.331. The number of hydrogen-bond donors (Lipinski definition) is 1. The molecule has 1 N–H and O–H groups in total. The Morgan fingerprint density at radius 2 is 1.77 bits per heavy atom. The van der Waals surface area contributed by atoms with Crippen molar-refractivity contribution in [2.24, 2.45) is 0 Å². The van der Waals surface area contributed by atoms with E-state index >= 15 is 0 Å². The Balaban J connectivity index is 3.09. The van der Waals surface area contributed by atoms with Crippen LogP contribution in [0.5, 0.6) is 0 Å². The van der Waals surface area contributed by atoms with Gasteiger partial charge in [-0.3, -0.25) is 0 Å². The Hall–Kier alpha value is -1.05. The van der Waals surface area contributed by atoms with E-state index in [1.807, 2.05) is 0 Å². The molecule has 13 heavy (non-hydrogen) atoms. The van der Waals surface area contributed by atoms with E-state index in [2.05, 4.69) is 0 Å². The number of rotatable bonds is 3. The van der Waals surface area contributed by atoms with Crippen LogP contribution in [0.2, 0.25) is 0 Å². The highest BCUT2D eigenvalue weighted by atomic mass is 32.2. The SMILES string of the molecule is O=S(=O)(c1ccccc1)N(F)NF. The van der Waals surface area contributed by atoms with E-state index in [0.29, 0.717) is 5.65 Å². The Labute approximate surface area is 73.7 Å². The molecule has 4 nitrogen and oxygen atoms in total. The lowest BCUT2D eigenvalue weighted by molar-refractivity contribution is -0.00870. The van der Waals surface area contributed by atoms with E-state index < -0.39 is 14.7 Å². The third-order valence-electron chi connectivity index (χ3n) is 1.32. The summed E-state index contributed by atoms with van der Waals surface area (Å²) in [6, 6.07) is 6.67. The van der Waals surface area contributed by atoms with E-state index in [-0.39, 0.29) is 4.90 Å². The number of nitrogens with one attached hydrogen (secondary N) is 1. The molecule has 0 aliphatic heterocycles. The first-order chi connectivity index (χ1) is 6.09. The first-order valence-corrected chi connectivity index (χ1v) is 4.65. The highest BCUT2D eigenvalue weighted by Crippen LogP contribution is 2.12. The number of hydrazine groups is 1. The number of benzene rings is 1. The molecule has 0 fully saturated rings. The third kappa shape index (κ3) is 2.00. The second kappa shape index (κ2) is 3.77. The van der Waals surface area contributed by atoms with E-state index in [1.165, 1.54) is 12.1 Å². The third-order valence-corrected chi connectivity index (χ3v) is 2.68. The standard InChI is InChI=1S/C6H6F2N2O2S/c7-9-10(8)13(11,12)6-4-2-1-3-5-6/h1-5,9H. The van der Waals surface area contributed by atoms with E-state index in [0.717, 1.165) is 12.1 Å². The molecule has 0 saturated heterocycles. The normalized spacial score (nSPS) is 11.9. The highest BCUT2D eigenvalue weighted by Gasteiger charge is 2.24. The summed E-state index contributed by atoms with van der Waals surface area (Å²) >= 11 is 0. The molecule has 7 heteroatoms. The molecule has 72 valence electrons. The molecule has 0 aliphatic rings. The fraction of sp³-hybridized carbons (Fsp3) is 0. The fourth-order valence-corrected chi connectivity index (χ4v) is 1.51. The summed E-state index contributed by atoms with van der Waals surface area (Å²) in [6.45, 7) is 0. The molecule has 1 aromatic rings. The van der Waals surface area contributed by atoms with Crippen molar-refractivity contribution < 1.29 is 17.4 Å². The van der Waals surface area contributed by atoms with Crippen molar-refractivity contribution in [1.82, 2.24) is 10.3 Å². The van der Waals surface area contributed by atoms with Gasteiger partial charge in [0.2, 0.25) is 0 Å². The van der Waals surface area contributed by atoms with E-state index in [1.54, 1.807) is 6.07 Å². The number of sulfonamides is 1. The fourth-order valence-electron chi connectivity index (χ4n) is 0.730. The maximum Gasteiger partial charge on any atom is 0.285 e. The molecule has 0 saturated carbocycles. The summed E-state index contributed by atoms with van der Waals surface area (Å²) < 4.78 is 44.8. The molecule has 0 heterocycles. The lowest BCUT2D eigenvalue weighted by atomic mass is 10.4. The molecule has 0 aromatic heterocycles. The van der Waals surface area contributed by atoms with Crippen LogP contribution in [-0.2, 0) is 10.0 Å². The van der Waals surface area contributed by atoms with Crippen molar-refractivity contribution in [1.29, 1.82) is 0 Å². The van der Waals surface area contributed by atoms with Crippen LogP contribution in [0.15, 0.2) is 35.2 Å². The molecule has 0 spiro atoms. The number of halogens is 2. The van der Waals surface area contributed by atoms with Crippen molar-refractivity contribution in [3.63, 3.8) is 0 Å². The first-order valence-electron chi connectivity index (χ1n) is 3.21. The quantitative estimate of drug-likeness (QED) is 0.594. The minimum Gasteiger partial charge on any atom is -0.203 e. The molecular weight excluding hydrogens is 202 g/mol. The number of nitrogens with zero attached hydrogens (tertiary/aromatic N) is 1. The molecule has 1 rings (SSSR count). The monoisotopic (exact) mass is 208 g/mol. The maximum atomic E-state index is 12.4. The van der Waals surface area contributed by atoms with Crippen molar-refractivity contribution in [3.8, 4) is 0 Å². The second-order valence-corrected chi connectivity index (χ2v) is 3.86. The van der Waals surface area contributed by atoms with Crippen molar-refractivity contribution in [3.05, 3.63) is 30.3 Å². The first kappa shape index (κ1) is 10.0. The van der Waals surface area contributed by atoms with Gasteiger partial charge >= 0.3 is 0 Å². The van der Waals surface area contributed by atoms with Gasteiger partial charge in [0.25, 0.3) is 10.0 Å². The van der Waals surface area contributed by atoms with Crippen LogP contribution >= 0.6 is 0 Å². The summed E-state index contributed by atoms with van der Waals surface area (Å²) in [5.41, 5.74) is 0.382. The number of hydrogen-bond acceptors (Lipinski definition) is 3. The topological polar surface area (TPSA) is 49.4 Å². The minimum atomic E-state index is -4.41. The Morgan fingerprint density at radius 3 is 2.23 bits per heavy atom. The molecular formula is C6H6F2N2O2S. The van der Waals surface area contributed by atoms with Crippen LogP contribution in [0.25, 0.3) is 0 Å². The smallest absolute Gasteiger partial charge is 0.203 e. The van der Waals surface area contributed by atoms with Gasteiger partial charge in [0.15, 0.2) is 0 Å². The summed E-state index contributed by atoms with van der Waals surface area (Å²) in [7, 11) is -4.41. The largest absolute Gasteiger partial charge is 0.285 e. The van der Waals surface area contributed by atoms with Gasteiger partial charge in [-0.2, -0.15) is 0 Å². The molecule has 1 aromatic carbocycles. The zero-order chi connectivity index (χ0) is 9.90. The van der Waals surface area contributed by atoms with Gasteiger partial charge in [-0.05, 0) is 17.8 Å². The predicted octanol–water partition coefficient (Wildman–Crippen LogP) is 0.951. The van der Waals surface area contributed by atoms with Crippen LogP contribution in [0.4, 0.5) is 8.96 Å². The molecule has 0 amide bonds. The lowest BCUT2D eigenvalue weighted by Crippen LogP contribution is -2.30. The Morgan fingerprint density at radius 1 is 1.23 bits per heavy atom. The van der Waals surface area contributed by atoms with Gasteiger partial charge in [-0.1, -0.05) is 22.7 Å². The molecule has 0 bridgehead atoms. The predicted molar refractivity (Wildman–Crippen MR) is 40.8 cm³/mol. The van der Waals surface area contributed by atoms with Crippen LogP contribution < -0.4 is 5.65 Å². The van der Waals surface area contributed by atoms with Gasteiger partial charge in [-0.15, -0.1) is 4.48 Å². The van der Waals surface area contributed by atoms with Crippen LogP contribution in [0, 0.1) is 0 Å². The van der Waals surface area contributed by atoms with E-state index in [4.69, 9.17) is 0 Å².